The molecular formula is C17H23Cl2N3OS. The van der Waals surface area contributed by atoms with E-state index in [1.807, 2.05) is 36.6 Å². The largest absolute Gasteiger partial charge is 0.349 e. The van der Waals surface area contributed by atoms with Gasteiger partial charge >= 0.3 is 0 Å². The van der Waals surface area contributed by atoms with E-state index in [0.29, 0.717) is 11.6 Å². The minimum Gasteiger partial charge on any atom is -0.349 e. The van der Waals surface area contributed by atoms with E-state index in [1.54, 1.807) is 11.3 Å². The van der Waals surface area contributed by atoms with Crippen LogP contribution >= 0.6 is 36.2 Å². The van der Waals surface area contributed by atoms with E-state index in [2.05, 4.69) is 10.3 Å². The molecule has 1 amide bonds. The normalized spacial score (nSPS) is 19.8. The summed E-state index contributed by atoms with van der Waals surface area (Å²) in [6, 6.07) is 8.22. The number of halogens is 2. The number of aryl methyl sites for hydroxylation is 1. The third-order valence-corrected chi connectivity index (χ3v) is 4.92. The topological polar surface area (TPSA) is 68.0 Å². The van der Waals surface area contributed by atoms with Crippen molar-refractivity contribution < 1.29 is 4.79 Å². The number of carbonyl (C=O) groups is 1. The summed E-state index contributed by atoms with van der Waals surface area (Å²) in [5, 5.41) is 6.18. The van der Waals surface area contributed by atoms with Crippen LogP contribution in [0.3, 0.4) is 0 Å². The first-order valence-corrected chi connectivity index (χ1v) is 8.59. The highest BCUT2D eigenvalue weighted by Crippen LogP contribution is 2.23. The molecule has 132 valence electrons. The molecule has 0 saturated heterocycles. The SMILES string of the molecule is Cc1nc(-c2cccc(C(=O)NC3CCC(N)CC3)c2)cs1.Cl.Cl. The molecule has 7 heteroatoms. The second-order valence-corrected chi connectivity index (χ2v) is 6.98. The number of nitrogens with zero attached hydrogens (tertiary/aromatic N) is 1. The number of amides is 1. The molecule has 1 heterocycles. The van der Waals surface area contributed by atoms with Gasteiger partial charge in [0.2, 0.25) is 0 Å². The van der Waals surface area contributed by atoms with Crippen LogP contribution in [-0.2, 0) is 0 Å². The summed E-state index contributed by atoms with van der Waals surface area (Å²) in [4.78, 5) is 16.9. The van der Waals surface area contributed by atoms with Gasteiger partial charge in [-0.25, -0.2) is 4.98 Å². The molecule has 24 heavy (non-hydrogen) atoms. The number of benzene rings is 1. The van der Waals surface area contributed by atoms with Crippen molar-refractivity contribution in [2.45, 2.75) is 44.7 Å². The van der Waals surface area contributed by atoms with E-state index < -0.39 is 0 Å². The van der Waals surface area contributed by atoms with Crippen molar-refractivity contribution in [2.24, 2.45) is 5.73 Å². The molecule has 1 aromatic carbocycles. The average molecular weight is 388 g/mol. The van der Waals surface area contributed by atoms with Crippen molar-refractivity contribution in [3.05, 3.63) is 40.2 Å². The molecule has 3 rings (SSSR count). The van der Waals surface area contributed by atoms with Gasteiger partial charge in [-0.3, -0.25) is 4.79 Å². The maximum Gasteiger partial charge on any atom is 0.251 e. The van der Waals surface area contributed by atoms with Crippen molar-refractivity contribution in [3.8, 4) is 11.3 Å². The minimum absolute atomic E-state index is 0. The van der Waals surface area contributed by atoms with Crippen molar-refractivity contribution in [1.82, 2.24) is 10.3 Å². The highest BCUT2D eigenvalue weighted by atomic mass is 35.5. The zero-order chi connectivity index (χ0) is 15.5. The minimum atomic E-state index is -0.00530. The van der Waals surface area contributed by atoms with Gasteiger partial charge in [0.25, 0.3) is 5.91 Å². The zero-order valence-corrected chi connectivity index (χ0v) is 16.0. The highest BCUT2D eigenvalue weighted by Gasteiger charge is 2.20. The summed E-state index contributed by atoms with van der Waals surface area (Å²) in [6.45, 7) is 1.98. The summed E-state index contributed by atoms with van der Waals surface area (Å²) in [5.41, 5.74) is 8.52. The fourth-order valence-corrected chi connectivity index (χ4v) is 3.47. The van der Waals surface area contributed by atoms with E-state index in [1.165, 1.54) is 0 Å². The van der Waals surface area contributed by atoms with Crippen LogP contribution in [0.25, 0.3) is 11.3 Å². The Kier molecular flexibility index (Phi) is 8.16. The lowest BCUT2D eigenvalue weighted by atomic mass is 9.91. The standard InChI is InChI=1S/C17H21N3OS.2ClH/c1-11-19-16(10-22-11)12-3-2-4-13(9-12)17(21)20-15-7-5-14(18)6-8-15;;/h2-4,9-10,14-15H,5-8,18H2,1H3,(H,20,21);2*1H. The predicted octanol–water partition coefficient (Wildman–Crippen LogP) is 3.96. The number of hydrogen-bond acceptors (Lipinski definition) is 4. The Morgan fingerprint density at radius 2 is 1.96 bits per heavy atom. The van der Waals surface area contributed by atoms with Crippen LogP contribution in [0.1, 0.15) is 41.0 Å². The molecule has 1 aliphatic carbocycles. The van der Waals surface area contributed by atoms with Crippen molar-refractivity contribution >= 4 is 42.1 Å². The van der Waals surface area contributed by atoms with Gasteiger partial charge in [-0.1, -0.05) is 12.1 Å². The molecule has 0 aliphatic heterocycles. The quantitative estimate of drug-likeness (QED) is 0.836. The predicted molar refractivity (Wildman–Crippen MR) is 104 cm³/mol. The first-order chi connectivity index (χ1) is 10.6. The van der Waals surface area contributed by atoms with E-state index in [-0.39, 0.29) is 36.8 Å². The molecule has 0 atom stereocenters. The molecule has 2 aromatic rings. The molecule has 0 radical (unpaired) electrons. The summed E-state index contributed by atoms with van der Waals surface area (Å²) >= 11 is 1.62. The van der Waals surface area contributed by atoms with Gasteiger partial charge in [-0.2, -0.15) is 0 Å². The second-order valence-electron chi connectivity index (χ2n) is 5.92. The number of carbonyl (C=O) groups excluding carboxylic acids is 1. The highest BCUT2D eigenvalue weighted by molar-refractivity contribution is 7.09. The van der Waals surface area contributed by atoms with E-state index >= 15 is 0 Å². The second kappa shape index (κ2) is 9.37. The maximum absolute atomic E-state index is 12.4. The first-order valence-electron chi connectivity index (χ1n) is 7.71. The van der Waals surface area contributed by atoms with Gasteiger partial charge in [0.05, 0.1) is 10.7 Å². The Bertz CT molecular complexity index is 669. The van der Waals surface area contributed by atoms with Gasteiger partial charge in [-0.15, -0.1) is 36.2 Å². The number of thiazole rings is 1. The fraction of sp³-hybridized carbons (Fsp3) is 0.412. The molecule has 1 saturated carbocycles. The van der Waals surface area contributed by atoms with Gasteiger partial charge in [0, 0.05) is 28.6 Å². The van der Waals surface area contributed by atoms with Crippen LogP contribution < -0.4 is 11.1 Å². The van der Waals surface area contributed by atoms with E-state index in [4.69, 9.17) is 5.73 Å². The van der Waals surface area contributed by atoms with Crippen LogP contribution in [0.15, 0.2) is 29.6 Å². The third-order valence-electron chi connectivity index (χ3n) is 4.15. The lowest BCUT2D eigenvalue weighted by Crippen LogP contribution is -2.40. The van der Waals surface area contributed by atoms with Gasteiger partial charge in [-0.05, 0) is 44.7 Å². The van der Waals surface area contributed by atoms with Gasteiger partial charge in [0.1, 0.15) is 0 Å². The van der Waals surface area contributed by atoms with Crippen molar-refractivity contribution in [2.75, 3.05) is 0 Å². The lowest BCUT2D eigenvalue weighted by molar-refractivity contribution is 0.0926. The van der Waals surface area contributed by atoms with Crippen molar-refractivity contribution in [1.29, 1.82) is 0 Å². The molecule has 3 N–H and O–H groups in total. The van der Waals surface area contributed by atoms with E-state index in [9.17, 15) is 4.79 Å². The summed E-state index contributed by atoms with van der Waals surface area (Å²) in [7, 11) is 0. The fourth-order valence-electron chi connectivity index (χ4n) is 2.85. The Balaban J connectivity index is 0.00000144. The zero-order valence-electron chi connectivity index (χ0n) is 13.5. The molecule has 0 unspecified atom stereocenters. The Morgan fingerprint density at radius 1 is 1.25 bits per heavy atom. The molecule has 0 bridgehead atoms. The number of hydrogen-bond donors (Lipinski definition) is 2. The first kappa shape index (κ1) is 20.9. The molecule has 1 aromatic heterocycles. The molecular weight excluding hydrogens is 365 g/mol. The van der Waals surface area contributed by atoms with Gasteiger partial charge < -0.3 is 11.1 Å². The summed E-state index contributed by atoms with van der Waals surface area (Å²) in [6.07, 6.45) is 3.92. The van der Waals surface area contributed by atoms with Crippen LogP contribution in [0.4, 0.5) is 0 Å². The Labute approximate surface area is 159 Å². The number of rotatable bonds is 3. The van der Waals surface area contributed by atoms with Crippen LogP contribution in [-0.4, -0.2) is 23.0 Å². The maximum atomic E-state index is 12.4. The average Bonchev–Trinajstić information content (AvgIpc) is 2.96. The van der Waals surface area contributed by atoms with Crippen LogP contribution in [0.2, 0.25) is 0 Å². The van der Waals surface area contributed by atoms with Crippen LogP contribution in [0.5, 0.6) is 0 Å². The number of nitrogens with two attached hydrogens (primary N) is 1. The number of nitrogens with one attached hydrogen (secondary N) is 1. The van der Waals surface area contributed by atoms with Gasteiger partial charge in [0.15, 0.2) is 0 Å². The number of aromatic nitrogens is 1. The molecule has 4 nitrogen and oxygen atoms in total. The Morgan fingerprint density at radius 3 is 2.58 bits per heavy atom. The van der Waals surface area contributed by atoms with Crippen LogP contribution in [0, 0.1) is 6.92 Å². The smallest absolute Gasteiger partial charge is 0.251 e. The molecule has 1 aliphatic rings. The summed E-state index contributed by atoms with van der Waals surface area (Å²) < 4.78 is 0. The third kappa shape index (κ3) is 5.18. The van der Waals surface area contributed by atoms with Crippen molar-refractivity contribution in [3.63, 3.8) is 0 Å². The van der Waals surface area contributed by atoms with E-state index in [0.717, 1.165) is 41.9 Å². The lowest BCUT2D eigenvalue weighted by Gasteiger charge is -2.26. The Hall–Kier alpha value is -1.14. The monoisotopic (exact) mass is 387 g/mol. The molecule has 1 fully saturated rings. The summed E-state index contributed by atoms with van der Waals surface area (Å²) in [5.74, 6) is -0.00530. The molecule has 0 spiro atoms.